The summed E-state index contributed by atoms with van der Waals surface area (Å²) in [6.45, 7) is 3.51. The van der Waals surface area contributed by atoms with E-state index in [-0.39, 0.29) is 24.0 Å². The van der Waals surface area contributed by atoms with Crippen LogP contribution in [0, 0.1) is 6.92 Å². The lowest BCUT2D eigenvalue weighted by Crippen LogP contribution is -2.21. The maximum Gasteiger partial charge on any atom is 0.357 e. The molecule has 0 aliphatic carbocycles. The van der Waals surface area contributed by atoms with Crippen LogP contribution >= 0.6 is 0 Å². The third-order valence-corrected chi connectivity index (χ3v) is 2.39. The molecular weight excluding hydrogens is 263 g/mol. The summed E-state index contributed by atoms with van der Waals surface area (Å²) < 4.78 is 5.76. The Bertz CT molecular complexity index is 671. The quantitative estimate of drug-likeness (QED) is 0.565. The summed E-state index contributed by atoms with van der Waals surface area (Å²) in [6, 6.07) is 1.44. The van der Waals surface area contributed by atoms with Gasteiger partial charge in [0.05, 0.1) is 12.3 Å². The number of rotatable bonds is 3. The van der Waals surface area contributed by atoms with Crippen LogP contribution in [0.5, 0.6) is 11.8 Å². The molecule has 0 saturated carbocycles. The van der Waals surface area contributed by atoms with E-state index in [4.69, 9.17) is 12.6 Å². The van der Waals surface area contributed by atoms with Crippen molar-refractivity contribution in [2.45, 2.75) is 13.8 Å². The summed E-state index contributed by atoms with van der Waals surface area (Å²) in [5, 5.41) is 19.0. The van der Waals surface area contributed by atoms with Crippen LogP contribution in [0.3, 0.4) is 0 Å². The van der Waals surface area contributed by atoms with Crippen molar-refractivity contribution < 1.29 is 19.7 Å². The normalized spacial score (nSPS) is 10.5. The Morgan fingerprint density at radius 3 is 2.65 bits per heavy atom. The minimum Gasteiger partial charge on any atom is -0.490 e. The second kappa shape index (κ2) is 5.20. The lowest BCUT2D eigenvalue weighted by molar-refractivity contribution is 0.0519. The Morgan fingerprint density at radius 2 is 2.10 bits per heavy atom. The van der Waals surface area contributed by atoms with Gasteiger partial charge in [-0.2, -0.15) is 0 Å². The van der Waals surface area contributed by atoms with Crippen molar-refractivity contribution in [3.63, 3.8) is 0 Å². The molecule has 2 aromatic heterocycles. The molecule has 2 rings (SSSR count). The number of hydrogen-bond donors (Lipinski definition) is 2. The van der Waals surface area contributed by atoms with E-state index in [1.165, 1.54) is 6.07 Å². The van der Waals surface area contributed by atoms with Crippen LogP contribution in [0.15, 0.2) is 6.07 Å². The Hall–Kier alpha value is -2.58. The van der Waals surface area contributed by atoms with E-state index in [0.717, 1.165) is 4.57 Å². The molecule has 0 spiro atoms. The Labute approximate surface area is 115 Å². The molecule has 2 heterocycles. The molecule has 0 bridgehead atoms. The predicted molar refractivity (Wildman–Crippen MR) is 68.6 cm³/mol. The molecule has 20 heavy (non-hydrogen) atoms. The van der Waals surface area contributed by atoms with E-state index in [9.17, 15) is 15.0 Å². The summed E-state index contributed by atoms with van der Waals surface area (Å²) in [5.74, 6) is -1.97. The lowest BCUT2D eigenvalue weighted by Gasteiger charge is -2.08. The number of imidazole rings is 1. The van der Waals surface area contributed by atoms with Gasteiger partial charge in [-0.1, -0.05) is 0 Å². The van der Waals surface area contributed by atoms with Crippen molar-refractivity contribution in [2.75, 3.05) is 6.61 Å². The van der Waals surface area contributed by atoms with Crippen molar-refractivity contribution in [3.05, 3.63) is 17.5 Å². The second-order valence-corrected chi connectivity index (χ2v) is 3.87. The molecule has 102 valence electrons. The SMILES string of the molecule is [B]c1nc(O)c(O)n1-c1nc(C)cc(C(=O)OCC)n1. The van der Waals surface area contributed by atoms with Gasteiger partial charge in [0, 0.05) is 5.69 Å². The predicted octanol–water partition coefficient (Wildman–Crippen LogP) is -0.648. The summed E-state index contributed by atoms with van der Waals surface area (Å²) in [7, 11) is 5.54. The van der Waals surface area contributed by atoms with Crippen LogP contribution < -0.4 is 5.72 Å². The second-order valence-electron chi connectivity index (χ2n) is 3.87. The van der Waals surface area contributed by atoms with Gasteiger partial charge in [-0.3, -0.25) is 0 Å². The topological polar surface area (TPSA) is 110 Å². The van der Waals surface area contributed by atoms with Gasteiger partial charge in [0.25, 0.3) is 11.8 Å². The van der Waals surface area contributed by atoms with Gasteiger partial charge in [-0.05, 0) is 19.9 Å². The van der Waals surface area contributed by atoms with E-state index < -0.39 is 17.7 Å². The van der Waals surface area contributed by atoms with Crippen LogP contribution in [0.1, 0.15) is 23.1 Å². The number of carbonyl (C=O) groups is 1. The van der Waals surface area contributed by atoms with Gasteiger partial charge in [0.1, 0.15) is 0 Å². The number of esters is 1. The minimum absolute atomic E-state index is 0.0151. The van der Waals surface area contributed by atoms with Crippen LogP contribution in [0.25, 0.3) is 5.95 Å². The van der Waals surface area contributed by atoms with Crippen LogP contribution in [-0.2, 0) is 4.74 Å². The number of aromatic hydroxyl groups is 2. The van der Waals surface area contributed by atoms with Crippen LogP contribution in [0.4, 0.5) is 0 Å². The standard InChI is InChI=1S/C11H11BN4O4/c1-3-20-9(19)6-4-5(2)13-11(14-6)16-8(18)7(17)15-10(16)12/h4,17-18H,3H2,1-2H3. The number of aryl methyl sites for hydroxylation is 1. The molecule has 0 aromatic carbocycles. The van der Waals surface area contributed by atoms with Gasteiger partial charge in [-0.25, -0.2) is 24.3 Å². The number of nitrogens with zero attached hydrogens (tertiary/aromatic N) is 4. The van der Waals surface area contributed by atoms with Crippen molar-refractivity contribution >= 4 is 19.5 Å². The van der Waals surface area contributed by atoms with Gasteiger partial charge >= 0.3 is 5.97 Å². The highest BCUT2D eigenvalue weighted by Gasteiger charge is 2.18. The highest BCUT2D eigenvalue weighted by Crippen LogP contribution is 2.22. The molecule has 0 amide bonds. The highest BCUT2D eigenvalue weighted by atomic mass is 16.5. The van der Waals surface area contributed by atoms with E-state index in [1.807, 2.05) is 0 Å². The zero-order chi connectivity index (χ0) is 14.9. The molecule has 8 nitrogen and oxygen atoms in total. The Kier molecular flexibility index (Phi) is 3.60. The molecule has 0 unspecified atom stereocenters. The van der Waals surface area contributed by atoms with Gasteiger partial charge in [-0.15, -0.1) is 0 Å². The number of ether oxygens (including phenoxy) is 1. The van der Waals surface area contributed by atoms with Gasteiger partial charge in [0.2, 0.25) is 5.95 Å². The first-order valence-electron chi connectivity index (χ1n) is 5.73. The number of carbonyl (C=O) groups excluding carboxylic acids is 1. The Balaban J connectivity index is 2.55. The molecule has 9 heteroatoms. The van der Waals surface area contributed by atoms with Gasteiger partial charge < -0.3 is 14.9 Å². The largest absolute Gasteiger partial charge is 0.490 e. The zero-order valence-electron chi connectivity index (χ0n) is 10.9. The Morgan fingerprint density at radius 1 is 1.40 bits per heavy atom. The van der Waals surface area contributed by atoms with Crippen molar-refractivity contribution in [3.8, 4) is 17.7 Å². The summed E-state index contributed by atoms with van der Waals surface area (Å²) in [5.41, 5.74) is 0.270. The molecule has 0 fully saturated rings. The maximum atomic E-state index is 11.7. The summed E-state index contributed by atoms with van der Waals surface area (Å²) in [6.07, 6.45) is 0. The zero-order valence-corrected chi connectivity index (χ0v) is 10.9. The van der Waals surface area contributed by atoms with Crippen molar-refractivity contribution in [1.29, 1.82) is 0 Å². The fourth-order valence-electron chi connectivity index (χ4n) is 1.58. The monoisotopic (exact) mass is 274 g/mol. The fraction of sp³-hybridized carbons (Fsp3) is 0.273. The van der Waals surface area contributed by atoms with Gasteiger partial charge in [0.15, 0.2) is 13.5 Å². The average Bonchev–Trinajstić information content (AvgIpc) is 2.62. The molecule has 0 atom stereocenters. The fourth-order valence-corrected chi connectivity index (χ4v) is 1.58. The minimum atomic E-state index is -0.648. The van der Waals surface area contributed by atoms with E-state index >= 15 is 0 Å². The summed E-state index contributed by atoms with van der Waals surface area (Å²) in [4.78, 5) is 23.1. The van der Waals surface area contributed by atoms with Crippen LogP contribution in [-0.4, -0.2) is 50.2 Å². The molecular formula is C11H11BN4O4. The lowest BCUT2D eigenvalue weighted by atomic mass is 10.1. The van der Waals surface area contributed by atoms with Crippen LogP contribution in [0.2, 0.25) is 0 Å². The first-order valence-corrected chi connectivity index (χ1v) is 5.73. The molecule has 2 aromatic rings. The molecule has 0 aliphatic rings. The smallest absolute Gasteiger partial charge is 0.357 e. The van der Waals surface area contributed by atoms with Crippen molar-refractivity contribution in [2.24, 2.45) is 0 Å². The third kappa shape index (κ3) is 2.42. The maximum absolute atomic E-state index is 11.7. The summed E-state index contributed by atoms with van der Waals surface area (Å²) >= 11 is 0. The molecule has 2 N–H and O–H groups in total. The van der Waals surface area contributed by atoms with E-state index in [2.05, 4.69) is 15.0 Å². The molecule has 2 radical (unpaired) electrons. The van der Waals surface area contributed by atoms with Crippen molar-refractivity contribution in [1.82, 2.24) is 19.5 Å². The first-order chi connectivity index (χ1) is 9.43. The van der Waals surface area contributed by atoms with E-state index in [0.29, 0.717) is 5.69 Å². The molecule has 0 saturated heterocycles. The number of hydrogen-bond acceptors (Lipinski definition) is 7. The third-order valence-electron chi connectivity index (χ3n) is 2.39. The first kappa shape index (κ1) is 13.8. The highest BCUT2D eigenvalue weighted by molar-refractivity contribution is 6.29. The number of aromatic nitrogens is 4. The van der Waals surface area contributed by atoms with E-state index in [1.54, 1.807) is 13.8 Å². The average molecular weight is 274 g/mol. The molecule has 0 aliphatic heterocycles.